The van der Waals surface area contributed by atoms with Crippen LogP contribution in [0.4, 0.5) is 0 Å². The lowest BCUT2D eigenvalue weighted by atomic mass is 10.1. The van der Waals surface area contributed by atoms with Crippen LogP contribution in [0.5, 0.6) is 5.75 Å². The molecule has 160 valence electrons. The number of benzene rings is 1. The van der Waals surface area contributed by atoms with E-state index in [4.69, 9.17) is 9.47 Å². The number of nitrogens with zero attached hydrogens (tertiary/aromatic N) is 3. The summed E-state index contributed by atoms with van der Waals surface area (Å²) in [5, 5.41) is 3.09. The van der Waals surface area contributed by atoms with Crippen molar-refractivity contribution in [3.63, 3.8) is 0 Å². The number of carbonyl (C=O) groups excluding carboxylic acids is 1. The smallest absolute Gasteiger partial charge is 0.227 e. The molecular formula is C22H34N4O3. The Kier molecular flexibility index (Phi) is 7.02. The second kappa shape index (κ2) is 9.89. The summed E-state index contributed by atoms with van der Waals surface area (Å²) < 4.78 is 11.6. The zero-order chi connectivity index (χ0) is 20.1. The summed E-state index contributed by atoms with van der Waals surface area (Å²) in [5.41, 5.74) is 1.25. The highest BCUT2D eigenvalue weighted by atomic mass is 16.5. The van der Waals surface area contributed by atoms with Crippen molar-refractivity contribution in [1.82, 2.24) is 20.0 Å². The van der Waals surface area contributed by atoms with Crippen molar-refractivity contribution >= 4 is 5.91 Å². The molecule has 0 spiro atoms. The van der Waals surface area contributed by atoms with E-state index in [1.807, 2.05) is 0 Å². The molecule has 2 atom stereocenters. The second-order valence-electron chi connectivity index (χ2n) is 8.40. The van der Waals surface area contributed by atoms with E-state index in [9.17, 15) is 4.79 Å². The number of nitrogens with one attached hydrogen (secondary N) is 1. The van der Waals surface area contributed by atoms with Crippen LogP contribution in [-0.2, 0) is 16.1 Å². The monoisotopic (exact) mass is 402 g/mol. The molecule has 29 heavy (non-hydrogen) atoms. The van der Waals surface area contributed by atoms with Gasteiger partial charge in [-0.2, -0.15) is 0 Å². The van der Waals surface area contributed by atoms with Crippen molar-refractivity contribution in [3.05, 3.63) is 29.8 Å². The lowest BCUT2D eigenvalue weighted by molar-refractivity contribution is -0.125. The molecule has 1 aromatic carbocycles. The van der Waals surface area contributed by atoms with Gasteiger partial charge < -0.3 is 19.7 Å². The lowest BCUT2D eigenvalue weighted by Crippen LogP contribution is -2.47. The zero-order valence-electron chi connectivity index (χ0n) is 17.5. The Morgan fingerprint density at radius 3 is 2.55 bits per heavy atom. The molecule has 3 heterocycles. The molecular weight excluding hydrogens is 368 g/mol. The molecule has 1 N–H and O–H groups in total. The van der Waals surface area contributed by atoms with Gasteiger partial charge in [0.2, 0.25) is 5.91 Å². The average Bonchev–Trinajstić information content (AvgIpc) is 2.98. The molecule has 4 rings (SSSR count). The molecule has 3 aliphatic rings. The van der Waals surface area contributed by atoms with Crippen molar-refractivity contribution in [3.8, 4) is 5.75 Å². The number of piperazine rings is 1. The minimum atomic E-state index is -0.0655. The maximum atomic E-state index is 12.1. The molecule has 3 aliphatic heterocycles. The number of carbonyl (C=O) groups is 1. The minimum absolute atomic E-state index is 0.0655. The summed E-state index contributed by atoms with van der Waals surface area (Å²) in [6, 6.07) is 8.51. The van der Waals surface area contributed by atoms with Crippen molar-refractivity contribution in [2.75, 3.05) is 72.2 Å². The summed E-state index contributed by atoms with van der Waals surface area (Å²) in [6.07, 6.45) is 0. The Labute approximate surface area is 173 Å². The summed E-state index contributed by atoms with van der Waals surface area (Å²) in [5.74, 6) is 0.998. The first-order chi connectivity index (χ1) is 14.2. The highest BCUT2D eigenvalue weighted by Crippen LogP contribution is 2.18. The summed E-state index contributed by atoms with van der Waals surface area (Å²) >= 11 is 0. The summed E-state index contributed by atoms with van der Waals surface area (Å²) in [4.78, 5) is 19.5. The van der Waals surface area contributed by atoms with E-state index < -0.39 is 0 Å². The van der Waals surface area contributed by atoms with Crippen LogP contribution in [0.2, 0.25) is 0 Å². The van der Waals surface area contributed by atoms with Gasteiger partial charge in [-0.05, 0) is 24.2 Å². The molecule has 7 nitrogen and oxygen atoms in total. The predicted molar refractivity (Wildman–Crippen MR) is 112 cm³/mol. The van der Waals surface area contributed by atoms with Gasteiger partial charge in [-0.3, -0.25) is 14.6 Å². The second-order valence-corrected chi connectivity index (χ2v) is 8.40. The minimum Gasteiger partial charge on any atom is -0.492 e. The van der Waals surface area contributed by atoms with E-state index in [0.717, 1.165) is 71.3 Å². The topological polar surface area (TPSA) is 57.3 Å². The Hall–Kier alpha value is -1.67. The molecule has 1 aromatic rings. The fourth-order valence-corrected chi connectivity index (χ4v) is 4.42. The van der Waals surface area contributed by atoms with Gasteiger partial charge in [0, 0.05) is 52.4 Å². The van der Waals surface area contributed by atoms with E-state index >= 15 is 0 Å². The number of hydrogen-bond acceptors (Lipinski definition) is 6. The first kappa shape index (κ1) is 20.6. The lowest BCUT2D eigenvalue weighted by Gasteiger charge is -2.33. The first-order valence-electron chi connectivity index (χ1n) is 11.0. The Balaban J connectivity index is 1.22. The van der Waals surface area contributed by atoms with Crippen LogP contribution in [0.25, 0.3) is 0 Å². The molecule has 3 saturated heterocycles. The molecule has 0 unspecified atom stereocenters. The summed E-state index contributed by atoms with van der Waals surface area (Å²) in [6.45, 7) is 13.3. The third kappa shape index (κ3) is 5.69. The quantitative estimate of drug-likeness (QED) is 0.723. The van der Waals surface area contributed by atoms with E-state index in [1.54, 1.807) is 0 Å². The van der Waals surface area contributed by atoms with Crippen LogP contribution < -0.4 is 10.1 Å². The fraction of sp³-hybridized carbons (Fsp3) is 0.682. The van der Waals surface area contributed by atoms with Crippen molar-refractivity contribution in [2.24, 2.45) is 5.92 Å². The van der Waals surface area contributed by atoms with Crippen LogP contribution in [0.1, 0.15) is 12.5 Å². The standard InChI is InChI=1S/C22H34N4O3/c1-2-24-7-9-25(10-8-24)11-12-29-21-5-3-18(4-6-21)13-26-14-19-16-28-17-20(15-26)23-22(19)27/h3-6,19-20H,2,7-17H2,1H3,(H,23,27)/t19-,20+/m1/s1. The van der Waals surface area contributed by atoms with Gasteiger partial charge in [-0.15, -0.1) is 0 Å². The fourth-order valence-electron chi connectivity index (χ4n) is 4.42. The number of likely N-dealkylation sites (N-methyl/N-ethyl adjacent to an activating group) is 1. The highest BCUT2D eigenvalue weighted by molar-refractivity contribution is 5.79. The zero-order valence-corrected chi connectivity index (χ0v) is 17.5. The van der Waals surface area contributed by atoms with Crippen molar-refractivity contribution in [1.29, 1.82) is 0 Å². The summed E-state index contributed by atoms with van der Waals surface area (Å²) in [7, 11) is 0. The largest absolute Gasteiger partial charge is 0.492 e. The Morgan fingerprint density at radius 1 is 1.03 bits per heavy atom. The maximum absolute atomic E-state index is 12.1. The van der Waals surface area contributed by atoms with Crippen LogP contribution in [-0.4, -0.2) is 98.8 Å². The van der Waals surface area contributed by atoms with E-state index in [-0.39, 0.29) is 17.9 Å². The molecule has 3 fully saturated rings. The van der Waals surface area contributed by atoms with Gasteiger partial charge in [0.1, 0.15) is 12.4 Å². The van der Waals surface area contributed by atoms with Crippen LogP contribution in [0.3, 0.4) is 0 Å². The normalized spacial score (nSPS) is 26.7. The van der Waals surface area contributed by atoms with Gasteiger partial charge in [-0.1, -0.05) is 19.1 Å². The molecule has 1 amide bonds. The van der Waals surface area contributed by atoms with Crippen molar-refractivity contribution < 1.29 is 14.3 Å². The average molecular weight is 403 g/mol. The van der Waals surface area contributed by atoms with Gasteiger partial charge >= 0.3 is 0 Å². The molecule has 0 radical (unpaired) electrons. The van der Waals surface area contributed by atoms with Crippen molar-refractivity contribution in [2.45, 2.75) is 19.5 Å². The number of hydrogen-bond donors (Lipinski definition) is 1. The number of rotatable bonds is 7. The number of amides is 1. The Bertz CT molecular complexity index is 661. The van der Waals surface area contributed by atoms with Gasteiger partial charge in [-0.25, -0.2) is 0 Å². The number of fused-ring (bicyclic) bond motifs is 3. The number of ether oxygens (including phenoxy) is 2. The third-order valence-corrected chi connectivity index (χ3v) is 6.23. The van der Waals surface area contributed by atoms with Gasteiger partial charge in [0.15, 0.2) is 0 Å². The molecule has 0 saturated carbocycles. The maximum Gasteiger partial charge on any atom is 0.227 e. The van der Waals surface area contributed by atoms with E-state index in [1.165, 1.54) is 5.56 Å². The van der Waals surface area contributed by atoms with E-state index in [0.29, 0.717) is 13.2 Å². The first-order valence-corrected chi connectivity index (χ1v) is 11.0. The third-order valence-electron chi connectivity index (χ3n) is 6.23. The van der Waals surface area contributed by atoms with Crippen LogP contribution in [0, 0.1) is 5.92 Å². The SMILES string of the molecule is CCN1CCN(CCOc2ccc(CN3C[C@H]4COC[C@@H](C3)C(=O)N4)cc2)CC1. The molecule has 7 heteroatoms. The van der Waals surface area contributed by atoms with Gasteiger partial charge in [0.05, 0.1) is 25.2 Å². The highest BCUT2D eigenvalue weighted by Gasteiger charge is 2.33. The van der Waals surface area contributed by atoms with E-state index in [2.05, 4.69) is 51.2 Å². The Morgan fingerprint density at radius 2 is 1.79 bits per heavy atom. The molecule has 0 aromatic heterocycles. The molecule has 0 aliphatic carbocycles. The van der Waals surface area contributed by atoms with Gasteiger partial charge in [0.25, 0.3) is 0 Å². The molecule has 2 bridgehead atoms. The predicted octanol–water partition coefficient (Wildman–Crippen LogP) is 0.650. The van der Waals surface area contributed by atoms with Crippen LogP contribution >= 0.6 is 0 Å². The van der Waals surface area contributed by atoms with Crippen LogP contribution in [0.15, 0.2) is 24.3 Å².